The van der Waals surface area contributed by atoms with E-state index in [2.05, 4.69) is 19.1 Å². The van der Waals surface area contributed by atoms with Crippen molar-refractivity contribution in [2.45, 2.75) is 148 Å². The average molecular weight is 563 g/mol. The van der Waals surface area contributed by atoms with E-state index in [1.165, 1.54) is 83.5 Å². The zero-order valence-electron chi connectivity index (χ0n) is 26.5. The van der Waals surface area contributed by atoms with Crippen LogP contribution in [-0.2, 0) is 18.6 Å². The Hall–Kier alpha value is -0.230. The van der Waals surface area contributed by atoms with Crippen LogP contribution < -0.4 is 0 Å². The fraction of sp³-hybridized carbons (Fsp3) is 0.935. The number of ether oxygens (including phenoxy) is 2. The van der Waals surface area contributed by atoms with Crippen molar-refractivity contribution < 1.29 is 27.9 Å². The average Bonchev–Trinajstić information content (AvgIpc) is 2.80. The molecule has 0 fully saturated rings. The molecular weight excluding hydrogens is 497 g/mol. The normalized spacial score (nSPS) is 16.1. The highest BCUT2D eigenvalue weighted by Gasteiger charge is 2.42. The monoisotopic (exact) mass is 562 g/mol. The van der Waals surface area contributed by atoms with Gasteiger partial charge in [-0.15, -0.1) is 0 Å². The van der Waals surface area contributed by atoms with Crippen molar-refractivity contribution >= 4 is 7.60 Å². The van der Waals surface area contributed by atoms with Crippen molar-refractivity contribution in [1.29, 1.82) is 0 Å². The van der Waals surface area contributed by atoms with Crippen LogP contribution in [0.5, 0.6) is 0 Å². The van der Waals surface area contributed by atoms with E-state index < -0.39 is 13.4 Å². The summed E-state index contributed by atoms with van der Waals surface area (Å²) in [6.45, 7) is 11.2. The van der Waals surface area contributed by atoms with Gasteiger partial charge < -0.3 is 23.4 Å². The van der Waals surface area contributed by atoms with Gasteiger partial charge in [0.1, 0.15) is 6.10 Å². The molecule has 0 bridgehead atoms. The van der Waals surface area contributed by atoms with Crippen LogP contribution in [-0.4, -0.2) is 67.8 Å². The second-order valence-corrected chi connectivity index (χ2v) is 14.7. The molecule has 228 valence electrons. The lowest BCUT2D eigenvalue weighted by Gasteiger charge is -2.36. The SMILES string of the molecule is CCCCCCCC/C=C\CCCCCCCCOC[C@H](COP(=O)(O)C(CC)[N+](C)(C)C)OC(C)(C)C. The standard InChI is InChI=1S/C31H64NO5P/c1-9-11-12-13-14-15-16-17-18-19-20-21-22-23-24-25-26-35-27-29(37-31(3,4)5)28-36-38(33,34)30(10-2)32(6,7)8/h17-18,29-30H,9-16,19-28H2,1-8H3/p+1/b18-17-/t29-,30?/m1/s1. The summed E-state index contributed by atoms with van der Waals surface area (Å²) in [4.78, 5) is 10.6. The summed E-state index contributed by atoms with van der Waals surface area (Å²) in [6.07, 6.45) is 22.9. The van der Waals surface area contributed by atoms with E-state index >= 15 is 0 Å². The molecule has 0 aromatic carbocycles. The van der Waals surface area contributed by atoms with Gasteiger partial charge in [-0.2, -0.15) is 0 Å². The third kappa shape index (κ3) is 21.6. The van der Waals surface area contributed by atoms with Gasteiger partial charge in [-0.1, -0.05) is 83.8 Å². The van der Waals surface area contributed by atoms with E-state index in [9.17, 15) is 9.46 Å². The molecule has 0 spiro atoms. The fourth-order valence-corrected chi connectivity index (χ4v) is 6.66. The molecule has 0 saturated heterocycles. The zero-order chi connectivity index (χ0) is 28.9. The van der Waals surface area contributed by atoms with Crippen molar-refractivity contribution in [2.75, 3.05) is 41.0 Å². The number of unbranched alkanes of at least 4 members (excludes halogenated alkanes) is 12. The first kappa shape index (κ1) is 37.8. The van der Waals surface area contributed by atoms with Gasteiger partial charge in [0.15, 0.2) is 5.78 Å². The maximum absolute atomic E-state index is 12.9. The molecule has 38 heavy (non-hydrogen) atoms. The Labute approximate surface area is 237 Å². The molecule has 0 heterocycles. The molecule has 0 radical (unpaired) electrons. The second kappa shape index (κ2) is 21.5. The molecule has 0 aliphatic heterocycles. The van der Waals surface area contributed by atoms with Crippen molar-refractivity contribution in [3.8, 4) is 0 Å². The first-order chi connectivity index (χ1) is 17.8. The third-order valence-electron chi connectivity index (χ3n) is 6.71. The fourth-order valence-electron chi connectivity index (χ4n) is 4.77. The first-order valence-electron chi connectivity index (χ1n) is 15.5. The number of hydrogen-bond acceptors (Lipinski definition) is 4. The minimum Gasteiger partial charge on any atom is -0.379 e. The van der Waals surface area contributed by atoms with Crippen LogP contribution in [0.15, 0.2) is 12.2 Å². The maximum atomic E-state index is 12.9. The molecule has 2 unspecified atom stereocenters. The maximum Gasteiger partial charge on any atom is 0.385 e. The number of hydrogen-bond donors (Lipinski definition) is 1. The van der Waals surface area contributed by atoms with E-state index in [1.54, 1.807) is 0 Å². The van der Waals surface area contributed by atoms with Crippen molar-refractivity contribution in [3.63, 3.8) is 0 Å². The molecule has 0 aliphatic carbocycles. The molecule has 7 heteroatoms. The number of rotatable bonds is 25. The summed E-state index contributed by atoms with van der Waals surface area (Å²) in [7, 11) is 1.97. The van der Waals surface area contributed by atoms with Gasteiger partial charge >= 0.3 is 7.60 Å². The number of nitrogens with zero attached hydrogens (tertiary/aromatic N) is 1. The Balaban J connectivity index is 4.02. The number of allylic oxidation sites excluding steroid dienone is 2. The predicted octanol–water partition coefficient (Wildman–Crippen LogP) is 8.87. The lowest BCUT2D eigenvalue weighted by molar-refractivity contribution is -0.883. The van der Waals surface area contributed by atoms with Crippen molar-refractivity contribution in [2.24, 2.45) is 0 Å². The van der Waals surface area contributed by atoms with Crippen LogP contribution in [0.3, 0.4) is 0 Å². The summed E-state index contributed by atoms with van der Waals surface area (Å²) >= 11 is 0. The summed E-state index contributed by atoms with van der Waals surface area (Å²) in [5.74, 6) is -0.472. The molecule has 0 amide bonds. The Morgan fingerprint density at radius 2 is 1.29 bits per heavy atom. The lowest BCUT2D eigenvalue weighted by atomic mass is 10.1. The van der Waals surface area contributed by atoms with Crippen LogP contribution in [0, 0.1) is 0 Å². The van der Waals surface area contributed by atoms with E-state index in [4.69, 9.17) is 14.0 Å². The quantitative estimate of drug-likeness (QED) is 0.0521. The summed E-state index contributed by atoms with van der Waals surface area (Å²) in [6, 6.07) is 0. The van der Waals surface area contributed by atoms with Gasteiger partial charge in [-0.3, -0.25) is 4.57 Å². The highest BCUT2D eigenvalue weighted by Crippen LogP contribution is 2.51. The van der Waals surface area contributed by atoms with E-state index in [0.717, 1.165) is 6.42 Å². The summed E-state index contributed by atoms with van der Waals surface area (Å²) < 4.78 is 30.9. The molecule has 0 aromatic rings. The van der Waals surface area contributed by atoms with Crippen LogP contribution in [0.4, 0.5) is 0 Å². The van der Waals surface area contributed by atoms with E-state index in [0.29, 0.717) is 24.1 Å². The van der Waals surface area contributed by atoms with E-state index in [-0.39, 0.29) is 18.3 Å². The number of quaternary nitrogens is 1. The predicted molar refractivity (Wildman–Crippen MR) is 163 cm³/mol. The summed E-state index contributed by atoms with van der Waals surface area (Å²) in [5, 5.41) is 0. The first-order valence-corrected chi connectivity index (χ1v) is 17.2. The Morgan fingerprint density at radius 3 is 1.76 bits per heavy atom. The van der Waals surface area contributed by atoms with Crippen molar-refractivity contribution in [3.05, 3.63) is 12.2 Å². The Kier molecular flexibility index (Phi) is 21.4. The zero-order valence-corrected chi connectivity index (χ0v) is 27.4. The topological polar surface area (TPSA) is 65.0 Å². The molecule has 0 rings (SSSR count). The van der Waals surface area contributed by atoms with Gasteiger partial charge in [0.05, 0.1) is 40.0 Å². The molecule has 0 aromatic heterocycles. The smallest absolute Gasteiger partial charge is 0.379 e. The highest BCUT2D eigenvalue weighted by atomic mass is 31.2. The summed E-state index contributed by atoms with van der Waals surface area (Å²) in [5.41, 5.74) is -0.384. The van der Waals surface area contributed by atoms with Gasteiger partial charge in [0.25, 0.3) is 0 Å². The van der Waals surface area contributed by atoms with Gasteiger partial charge in [0.2, 0.25) is 0 Å². The van der Waals surface area contributed by atoms with Crippen LogP contribution in [0.25, 0.3) is 0 Å². The van der Waals surface area contributed by atoms with Crippen LogP contribution >= 0.6 is 7.60 Å². The second-order valence-electron chi connectivity index (χ2n) is 12.7. The molecule has 0 saturated carbocycles. The van der Waals surface area contributed by atoms with Crippen LogP contribution in [0.1, 0.15) is 131 Å². The molecule has 3 atom stereocenters. The Morgan fingerprint density at radius 1 is 0.789 bits per heavy atom. The molecule has 1 N–H and O–H groups in total. The highest BCUT2D eigenvalue weighted by molar-refractivity contribution is 7.53. The van der Waals surface area contributed by atoms with Gasteiger partial charge in [-0.25, -0.2) is 0 Å². The molecule has 0 aliphatic rings. The minimum absolute atomic E-state index is 0.0505. The Bertz CT molecular complexity index is 627. The largest absolute Gasteiger partial charge is 0.385 e. The third-order valence-corrected chi connectivity index (χ3v) is 9.04. The van der Waals surface area contributed by atoms with E-state index in [1.807, 2.05) is 48.8 Å². The van der Waals surface area contributed by atoms with Gasteiger partial charge in [-0.05, 0) is 52.9 Å². The molecular formula is C31H65NO5P+. The lowest BCUT2D eigenvalue weighted by Crippen LogP contribution is -2.45. The molecule has 6 nitrogen and oxygen atoms in total. The van der Waals surface area contributed by atoms with Crippen molar-refractivity contribution in [1.82, 2.24) is 0 Å². The minimum atomic E-state index is -3.79. The van der Waals surface area contributed by atoms with Crippen LogP contribution in [0.2, 0.25) is 0 Å². The van der Waals surface area contributed by atoms with Gasteiger partial charge in [0, 0.05) is 13.0 Å².